The minimum atomic E-state index is -0.615. The van der Waals surface area contributed by atoms with Gasteiger partial charge < -0.3 is 37.9 Å². The van der Waals surface area contributed by atoms with Crippen molar-refractivity contribution in [3.05, 3.63) is 0 Å². The molecular weight excluding hydrogens is 1050 g/mol. The maximum atomic E-state index is 12.6. The molecule has 7 saturated carbocycles. The highest BCUT2D eigenvalue weighted by Gasteiger charge is 2.59. The van der Waals surface area contributed by atoms with Gasteiger partial charge in [0.25, 0.3) is 0 Å². The standard InChI is InChI=1S/C18H26O6.C18H30O2.C15H26O4.C10H20O2.8CH4/c1-4-18(2,3)17(21)22-9-14(19)24-15-11-5-10-6-12(8-11)16(20)23-13(15)7-10;1-5-17(3,4)16(19)20-18(6-2)14-8-12-7-13(10-14)11-15(18)9-12;1-4-14(2,3)13(16)17-10-12-11-18-15(19-12)8-6-5-7-9-15;1-7-10(5,6)8(11)12-9(2,3)4;;;;;;;;/h10-13,15H,4-9H2,1-3H3;12-15H,5-11H2,1-4H3;12H,4-11H2,1-3H3;7H2,1-6H3;8*1H4. The second-order valence-electron chi connectivity index (χ2n) is 27.3. The summed E-state index contributed by atoms with van der Waals surface area (Å²) in [5.41, 5.74) is -2.22. The molecule has 14 heteroatoms. The minimum absolute atomic E-state index is 0. The summed E-state index contributed by atoms with van der Waals surface area (Å²) < 4.78 is 44.9. The molecule has 0 N–H and O–H groups in total. The van der Waals surface area contributed by atoms with Crippen LogP contribution < -0.4 is 0 Å². The fourth-order valence-corrected chi connectivity index (χ4v) is 12.5. The zero-order valence-corrected chi connectivity index (χ0v) is 49.5. The molecule has 3 saturated heterocycles. The summed E-state index contributed by atoms with van der Waals surface area (Å²) in [6.45, 7) is 31.5. The fraction of sp³-hybridized carbons (Fsp3) is 0.913. The van der Waals surface area contributed by atoms with Gasteiger partial charge in [-0.15, -0.1) is 0 Å². The van der Waals surface area contributed by atoms with Crippen molar-refractivity contribution < 1.29 is 66.7 Å². The molecule has 10 fully saturated rings. The number of esters is 6. The Morgan fingerprint density at radius 2 is 1.00 bits per heavy atom. The van der Waals surface area contributed by atoms with Gasteiger partial charge in [0.05, 0.1) is 34.2 Å². The van der Waals surface area contributed by atoms with E-state index in [-0.39, 0.29) is 142 Å². The normalized spacial score (nSPS) is 28.2. The maximum Gasteiger partial charge on any atom is 0.344 e. The first-order chi connectivity index (χ1) is 34.9. The third-order valence-corrected chi connectivity index (χ3v) is 18.9. The molecule has 0 aromatic heterocycles. The van der Waals surface area contributed by atoms with E-state index in [1.807, 2.05) is 83.1 Å². The van der Waals surface area contributed by atoms with Gasteiger partial charge in [0.15, 0.2) is 12.4 Å². The van der Waals surface area contributed by atoms with Crippen LogP contribution in [-0.2, 0) is 66.7 Å². The average Bonchev–Trinajstić information content (AvgIpc) is 3.67. The highest BCUT2D eigenvalue weighted by atomic mass is 16.8. The van der Waals surface area contributed by atoms with Crippen molar-refractivity contribution in [3.8, 4) is 0 Å². The van der Waals surface area contributed by atoms with Gasteiger partial charge in [-0.2, -0.15) is 0 Å². The Morgan fingerprint density at radius 1 is 0.542 bits per heavy atom. The van der Waals surface area contributed by atoms with E-state index >= 15 is 0 Å². The Bertz CT molecular complexity index is 1930. The zero-order chi connectivity index (χ0) is 56.0. The molecule has 10 rings (SSSR count). The lowest BCUT2D eigenvalue weighted by Crippen LogP contribution is -2.60. The molecule has 10 aliphatic rings. The molecular formula is C69H134O14. The fourth-order valence-electron chi connectivity index (χ4n) is 12.5. The van der Waals surface area contributed by atoms with Crippen LogP contribution in [0.4, 0.5) is 0 Å². The van der Waals surface area contributed by atoms with Crippen LogP contribution in [0.25, 0.3) is 0 Å². The zero-order valence-electron chi connectivity index (χ0n) is 49.5. The number of rotatable bonds is 15. The van der Waals surface area contributed by atoms with Crippen molar-refractivity contribution in [3.63, 3.8) is 0 Å². The van der Waals surface area contributed by atoms with Crippen LogP contribution in [0.3, 0.4) is 0 Å². The smallest absolute Gasteiger partial charge is 0.344 e. The quantitative estimate of drug-likeness (QED) is 0.112. The summed E-state index contributed by atoms with van der Waals surface area (Å²) in [5, 5.41) is 0. The van der Waals surface area contributed by atoms with E-state index in [4.69, 9.17) is 37.9 Å². The van der Waals surface area contributed by atoms with Crippen molar-refractivity contribution >= 4 is 35.8 Å². The number of hydrogen-bond donors (Lipinski definition) is 0. The van der Waals surface area contributed by atoms with Gasteiger partial charge >= 0.3 is 35.8 Å². The van der Waals surface area contributed by atoms with Crippen LogP contribution in [0.2, 0.25) is 0 Å². The number of fused-ring (bicyclic) bond motifs is 1. The van der Waals surface area contributed by atoms with E-state index in [9.17, 15) is 28.8 Å². The lowest BCUT2D eigenvalue weighted by Gasteiger charge is -2.60. The van der Waals surface area contributed by atoms with Crippen molar-refractivity contribution in [2.75, 3.05) is 19.8 Å². The van der Waals surface area contributed by atoms with Gasteiger partial charge in [0, 0.05) is 18.8 Å². The van der Waals surface area contributed by atoms with Crippen LogP contribution in [0.15, 0.2) is 0 Å². The first kappa shape index (κ1) is 86.2. The van der Waals surface area contributed by atoms with E-state index in [1.165, 1.54) is 38.5 Å². The Morgan fingerprint density at radius 3 is 1.47 bits per heavy atom. The van der Waals surface area contributed by atoms with Gasteiger partial charge in [0.2, 0.25) is 0 Å². The van der Waals surface area contributed by atoms with Gasteiger partial charge in [-0.05, 0) is 208 Å². The molecule has 14 nitrogen and oxygen atoms in total. The van der Waals surface area contributed by atoms with Crippen LogP contribution in [0.1, 0.15) is 292 Å². The summed E-state index contributed by atoms with van der Waals surface area (Å²) in [5.74, 6) is 2.01. The molecule has 83 heavy (non-hydrogen) atoms. The topological polar surface area (TPSA) is 176 Å². The van der Waals surface area contributed by atoms with E-state index in [0.29, 0.717) is 37.4 Å². The van der Waals surface area contributed by atoms with Crippen molar-refractivity contribution in [2.24, 2.45) is 63.1 Å². The molecule has 0 aromatic rings. The molecule has 1 spiro atoms. The summed E-state index contributed by atoms with van der Waals surface area (Å²) in [7, 11) is 0. The summed E-state index contributed by atoms with van der Waals surface area (Å²) in [6, 6.07) is 0. The molecule has 6 atom stereocenters. The average molecular weight is 1190 g/mol. The maximum absolute atomic E-state index is 12.6. The van der Waals surface area contributed by atoms with E-state index in [1.54, 1.807) is 13.8 Å². The summed E-state index contributed by atoms with van der Waals surface area (Å²) in [4.78, 5) is 72.1. The van der Waals surface area contributed by atoms with Crippen LogP contribution in [0.5, 0.6) is 0 Å². The van der Waals surface area contributed by atoms with Gasteiger partial charge in [-0.3, -0.25) is 24.0 Å². The molecule has 0 aromatic carbocycles. The monoisotopic (exact) mass is 1190 g/mol. The molecule has 0 radical (unpaired) electrons. The molecule has 0 amide bonds. The lowest BCUT2D eigenvalue weighted by atomic mass is 9.49. The first-order valence-corrected chi connectivity index (χ1v) is 29.4. The minimum Gasteiger partial charge on any atom is -0.462 e. The number of carbonyl (C=O) groups is 6. The predicted octanol–water partition coefficient (Wildman–Crippen LogP) is 17.7. The van der Waals surface area contributed by atoms with Crippen LogP contribution >= 0.6 is 0 Å². The Labute approximate surface area is 510 Å². The largest absolute Gasteiger partial charge is 0.462 e. The number of ether oxygens (including phenoxy) is 8. The van der Waals surface area contributed by atoms with Gasteiger partial charge in [-0.25, -0.2) is 4.79 Å². The van der Waals surface area contributed by atoms with E-state index in [0.717, 1.165) is 88.9 Å². The van der Waals surface area contributed by atoms with E-state index in [2.05, 4.69) is 13.8 Å². The third kappa shape index (κ3) is 22.1. The summed E-state index contributed by atoms with van der Waals surface area (Å²) >= 11 is 0. The second-order valence-corrected chi connectivity index (χ2v) is 27.3. The van der Waals surface area contributed by atoms with Crippen molar-refractivity contribution in [1.82, 2.24) is 0 Å². The first-order valence-electron chi connectivity index (χ1n) is 29.4. The van der Waals surface area contributed by atoms with Crippen molar-refractivity contribution in [1.29, 1.82) is 0 Å². The molecule has 8 bridgehead atoms. The Balaban J connectivity index is -0.000000497. The lowest BCUT2D eigenvalue weighted by molar-refractivity contribution is -0.218. The predicted molar refractivity (Wildman–Crippen MR) is 339 cm³/mol. The number of carbonyl (C=O) groups excluding carboxylic acids is 6. The molecule has 6 unspecified atom stereocenters. The van der Waals surface area contributed by atoms with Gasteiger partial charge in [-0.1, -0.05) is 100 Å². The Hall–Kier alpha value is -3.26. The van der Waals surface area contributed by atoms with Crippen LogP contribution in [0, 0.1) is 63.1 Å². The highest BCUT2D eigenvalue weighted by Crippen LogP contribution is 2.61. The van der Waals surface area contributed by atoms with Crippen LogP contribution in [-0.4, -0.2) is 90.9 Å². The highest BCUT2D eigenvalue weighted by molar-refractivity contribution is 5.80. The molecule has 494 valence electrons. The van der Waals surface area contributed by atoms with Crippen molar-refractivity contribution in [2.45, 2.75) is 327 Å². The SMILES string of the molecule is C.C.C.C.C.C.C.C.CCC(C)(C)C(=O)OC(C)(C)C.CCC(C)(C)C(=O)OC1(CC)C2CC3CC(C2)CC1C3.CCC(C)(C)C(=O)OCC(=O)OC1C2CC3CC(C2)C(=O)OC1C3.CCC(C)(C)C(=O)OCC1COC2(CCCCC2)O1. The molecule has 3 aliphatic heterocycles. The van der Waals surface area contributed by atoms with Gasteiger partial charge in [0.1, 0.15) is 36.1 Å². The molecule has 3 heterocycles. The Kier molecular flexibility index (Phi) is 36.3. The molecule has 7 aliphatic carbocycles. The second kappa shape index (κ2) is 34.9. The number of hydrogen-bond acceptors (Lipinski definition) is 14. The third-order valence-electron chi connectivity index (χ3n) is 18.9. The van der Waals surface area contributed by atoms with E-state index < -0.39 is 28.9 Å². The summed E-state index contributed by atoms with van der Waals surface area (Å²) in [6.07, 6.45) is 18.8.